The van der Waals surface area contributed by atoms with Crippen molar-refractivity contribution in [3.63, 3.8) is 0 Å². The molecule has 0 saturated carbocycles. The maximum atomic E-state index is 12.7. The maximum absolute atomic E-state index is 12.7. The van der Waals surface area contributed by atoms with Crippen LogP contribution in [-0.4, -0.2) is 18.8 Å². The smallest absolute Gasteiger partial charge is 0.124 e. The van der Waals surface area contributed by atoms with E-state index in [0.29, 0.717) is 12.8 Å². The fourth-order valence-electron chi connectivity index (χ4n) is 1.05. The van der Waals surface area contributed by atoms with Gasteiger partial charge in [0.05, 0.1) is 0 Å². The molecule has 0 aromatic rings. The normalized spacial score (nSPS) is 16.7. The van der Waals surface area contributed by atoms with E-state index in [1.165, 1.54) is 6.92 Å². The highest BCUT2D eigenvalue weighted by atomic mass is 28.3. The molecule has 0 amide bonds. The summed E-state index contributed by atoms with van der Waals surface area (Å²) in [5.41, 5.74) is -1.37. The Bertz CT molecular complexity index is 238. The maximum Gasteiger partial charge on any atom is 0.124 e. The number of rotatable bonds is 6. The van der Waals surface area contributed by atoms with Crippen molar-refractivity contribution in [2.45, 2.75) is 51.1 Å². The predicted molar refractivity (Wildman–Crippen MR) is 67.4 cm³/mol. The number of aliphatic hydroxyl groups is 1. The zero-order chi connectivity index (χ0) is 12.1. The molecule has 0 heterocycles. The van der Waals surface area contributed by atoms with Crippen molar-refractivity contribution in [1.82, 2.24) is 0 Å². The van der Waals surface area contributed by atoms with Crippen molar-refractivity contribution in [1.29, 1.82) is 0 Å². The molecule has 88 valence electrons. The Morgan fingerprint density at radius 1 is 1.40 bits per heavy atom. The number of halogens is 1. The molecule has 0 aromatic heterocycles. The minimum Gasteiger partial charge on any atom is -0.383 e. The van der Waals surface area contributed by atoms with Gasteiger partial charge in [0, 0.05) is 8.07 Å². The molecule has 0 aromatic carbocycles. The van der Waals surface area contributed by atoms with E-state index in [1.807, 2.05) is 6.08 Å². The van der Waals surface area contributed by atoms with E-state index in [0.717, 1.165) is 6.04 Å². The first-order chi connectivity index (χ1) is 6.65. The summed E-state index contributed by atoms with van der Waals surface area (Å²) in [6, 6.07) is 1.13. The summed E-state index contributed by atoms with van der Waals surface area (Å²) in [5.74, 6) is -0.652. The molecule has 0 aliphatic rings. The van der Waals surface area contributed by atoms with Crippen LogP contribution in [0.25, 0.3) is 0 Å². The van der Waals surface area contributed by atoms with Gasteiger partial charge in [-0.2, -0.15) is 0 Å². The zero-order valence-corrected chi connectivity index (χ0v) is 11.3. The molecule has 1 nitrogen and oxygen atoms in total. The number of allylic oxidation sites excluding steroid dienone is 2. The summed E-state index contributed by atoms with van der Waals surface area (Å²) in [5, 5.41) is 9.55. The molecule has 0 aliphatic heterocycles. The van der Waals surface area contributed by atoms with Gasteiger partial charge in [0.25, 0.3) is 0 Å². The lowest BCUT2D eigenvalue weighted by Crippen LogP contribution is -2.23. The fraction of sp³-hybridized carbons (Fsp3) is 0.667. The van der Waals surface area contributed by atoms with Crippen LogP contribution in [0, 0.1) is 0 Å². The molecule has 0 spiro atoms. The zero-order valence-electron chi connectivity index (χ0n) is 10.3. The highest BCUT2D eigenvalue weighted by Crippen LogP contribution is 2.22. The molecule has 1 unspecified atom stereocenters. The van der Waals surface area contributed by atoms with Crippen LogP contribution in [0.2, 0.25) is 25.7 Å². The molecular formula is C12H23FOSi. The Morgan fingerprint density at radius 3 is 2.33 bits per heavy atom. The molecular weight excluding hydrogens is 207 g/mol. The largest absolute Gasteiger partial charge is 0.383 e. The van der Waals surface area contributed by atoms with Crippen LogP contribution in [0.4, 0.5) is 4.39 Å². The molecule has 0 radical (unpaired) electrons. The molecule has 0 rings (SSSR count). The fourth-order valence-corrected chi connectivity index (χ4v) is 1.93. The van der Waals surface area contributed by atoms with E-state index in [-0.39, 0.29) is 0 Å². The minimum absolute atomic E-state index is 0.393. The number of hydrogen-bond acceptors (Lipinski definition) is 1. The molecule has 3 heteroatoms. The van der Waals surface area contributed by atoms with Crippen LogP contribution in [0.15, 0.2) is 24.6 Å². The van der Waals surface area contributed by atoms with Gasteiger partial charge in [0.2, 0.25) is 0 Å². The van der Waals surface area contributed by atoms with Crippen LogP contribution >= 0.6 is 0 Å². The topological polar surface area (TPSA) is 20.2 Å². The lowest BCUT2D eigenvalue weighted by Gasteiger charge is -2.19. The second-order valence-corrected chi connectivity index (χ2v) is 11.0. The molecule has 15 heavy (non-hydrogen) atoms. The molecule has 0 aliphatic carbocycles. The summed E-state index contributed by atoms with van der Waals surface area (Å²) in [4.78, 5) is 0. The third kappa shape index (κ3) is 7.51. The van der Waals surface area contributed by atoms with Crippen LogP contribution in [0.3, 0.4) is 0 Å². The minimum atomic E-state index is -1.37. The second kappa shape index (κ2) is 5.61. The summed E-state index contributed by atoms with van der Waals surface area (Å²) < 4.78 is 12.7. The van der Waals surface area contributed by atoms with Crippen LogP contribution in [0.1, 0.15) is 19.8 Å². The van der Waals surface area contributed by atoms with Crippen molar-refractivity contribution in [2.75, 3.05) is 0 Å². The second-order valence-electron chi connectivity index (χ2n) is 5.45. The Kier molecular flexibility index (Phi) is 5.46. The van der Waals surface area contributed by atoms with Crippen LogP contribution < -0.4 is 0 Å². The van der Waals surface area contributed by atoms with Crippen LogP contribution in [0.5, 0.6) is 0 Å². The first kappa shape index (κ1) is 14.6. The summed E-state index contributed by atoms with van der Waals surface area (Å²) in [6.45, 7) is 11.5. The van der Waals surface area contributed by atoms with Gasteiger partial charge in [-0.05, 0) is 25.8 Å². The van der Waals surface area contributed by atoms with Gasteiger partial charge in [0.15, 0.2) is 0 Å². The summed E-state index contributed by atoms with van der Waals surface area (Å²) >= 11 is 0. The SMILES string of the molecule is C=C(F)C(C)(O)CC/C=C\C[Si](C)(C)C. The summed E-state index contributed by atoms with van der Waals surface area (Å²) in [6.07, 6.45) is 5.25. The van der Waals surface area contributed by atoms with E-state index in [2.05, 4.69) is 32.3 Å². The van der Waals surface area contributed by atoms with E-state index in [4.69, 9.17) is 0 Å². The Morgan fingerprint density at radius 2 is 1.93 bits per heavy atom. The standard InChI is InChI=1S/C12H23FOSi/c1-11(13)12(2,14)9-7-6-8-10-15(3,4)5/h6,8,14H,1,7,9-10H2,2-5H3/b8-6-. The predicted octanol–water partition coefficient (Wildman–Crippen LogP) is 3.90. The van der Waals surface area contributed by atoms with E-state index in [9.17, 15) is 9.50 Å². The van der Waals surface area contributed by atoms with Crippen molar-refractivity contribution in [2.24, 2.45) is 0 Å². The average molecular weight is 230 g/mol. The Balaban J connectivity index is 3.85. The van der Waals surface area contributed by atoms with Gasteiger partial charge >= 0.3 is 0 Å². The quantitative estimate of drug-likeness (QED) is 0.542. The van der Waals surface area contributed by atoms with Gasteiger partial charge in [-0.25, -0.2) is 4.39 Å². The summed E-state index contributed by atoms with van der Waals surface area (Å²) in [7, 11) is -1.02. The molecule has 0 bridgehead atoms. The lowest BCUT2D eigenvalue weighted by atomic mass is 9.99. The van der Waals surface area contributed by atoms with Gasteiger partial charge in [-0.3, -0.25) is 0 Å². The highest BCUT2D eigenvalue weighted by molar-refractivity contribution is 6.76. The third-order valence-corrected chi connectivity index (χ3v) is 3.74. The van der Waals surface area contributed by atoms with Crippen molar-refractivity contribution < 1.29 is 9.50 Å². The van der Waals surface area contributed by atoms with E-state index in [1.54, 1.807) is 0 Å². The van der Waals surface area contributed by atoms with Crippen LogP contribution in [-0.2, 0) is 0 Å². The average Bonchev–Trinajstić information content (AvgIpc) is 2.00. The Labute approximate surface area is 93.7 Å². The molecule has 1 atom stereocenters. The molecule has 0 saturated heterocycles. The van der Waals surface area contributed by atoms with Gasteiger partial charge < -0.3 is 5.11 Å². The molecule has 1 N–H and O–H groups in total. The van der Waals surface area contributed by atoms with Crippen molar-refractivity contribution in [3.05, 3.63) is 24.6 Å². The Hall–Kier alpha value is -0.413. The highest BCUT2D eigenvalue weighted by Gasteiger charge is 2.23. The third-order valence-electron chi connectivity index (χ3n) is 2.28. The van der Waals surface area contributed by atoms with Gasteiger partial charge in [-0.1, -0.05) is 38.4 Å². The lowest BCUT2D eigenvalue weighted by molar-refractivity contribution is 0.0670. The number of hydrogen-bond donors (Lipinski definition) is 1. The molecule has 0 fully saturated rings. The monoisotopic (exact) mass is 230 g/mol. The van der Waals surface area contributed by atoms with E-state index < -0.39 is 19.5 Å². The van der Waals surface area contributed by atoms with Crippen molar-refractivity contribution >= 4 is 8.07 Å². The van der Waals surface area contributed by atoms with Gasteiger partial charge in [-0.15, -0.1) is 0 Å². The first-order valence-electron chi connectivity index (χ1n) is 5.37. The van der Waals surface area contributed by atoms with Crippen molar-refractivity contribution in [3.8, 4) is 0 Å². The first-order valence-corrected chi connectivity index (χ1v) is 9.08. The van der Waals surface area contributed by atoms with E-state index >= 15 is 0 Å². The van der Waals surface area contributed by atoms with Gasteiger partial charge in [0.1, 0.15) is 11.4 Å².